The first kappa shape index (κ1) is 29.4. The molecule has 0 fully saturated rings. The van der Waals surface area contributed by atoms with Crippen LogP contribution < -0.4 is 15.4 Å². The number of rotatable bonds is 12. The van der Waals surface area contributed by atoms with E-state index < -0.39 is 10.0 Å². The fraction of sp³-hybridized carbons (Fsp3) is 0.259. The molecule has 0 unspecified atom stereocenters. The number of benzene rings is 3. The zero-order valence-corrected chi connectivity index (χ0v) is 23.5. The molecule has 202 valence electrons. The van der Waals surface area contributed by atoms with Crippen LogP contribution in [0.2, 0.25) is 10.0 Å². The van der Waals surface area contributed by atoms with Gasteiger partial charge < -0.3 is 15.5 Å². The number of sulfonamides is 1. The van der Waals surface area contributed by atoms with Crippen molar-refractivity contribution in [3.05, 3.63) is 99.0 Å². The van der Waals surface area contributed by atoms with Crippen LogP contribution in [0.25, 0.3) is 0 Å². The second-order valence-corrected chi connectivity index (χ2v) is 11.4. The van der Waals surface area contributed by atoms with Crippen LogP contribution in [-0.4, -0.2) is 51.5 Å². The van der Waals surface area contributed by atoms with Gasteiger partial charge in [-0.15, -0.1) is 0 Å². The molecule has 3 rings (SSSR count). The average molecular weight is 578 g/mol. The molecule has 3 N–H and O–H groups in total. The normalized spacial score (nSPS) is 11.2. The number of anilines is 1. The lowest BCUT2D eigenvalue weighted by Crippen LogP contribution is -2.24. The number of amides is 2. The molecule has 2 amide bonds. The number of nitrogens with zero attached hydrogens (tertiary/aromatic N) is 1. The van der Waals surface area contributed by atoms with Crippen LogP contribution in [0.5, 0.6) is 0 Å². The molecule has 0 aliphatic heterocycles. The second kappa shape index (κ2) is 13.6. The Morgan fingerprint density at radius 3 is 2.18 bits per heavy atom. The summed E-state index contributed by atoms with van der Waals surface area (Å²) < 4.78 is 27.4. The minimum Gasteiger partial charge on any atom is -0.348 e. The lowest BCUT2D eigenvalue weighted by atomic mass is 10.1. The Bertz CT molecular complexity index is 1360. The summed E-state index contributed by atoms with van der Waals surface area (Å²) in [6.45, 7) is 1.26. The first-order valence-corrected chi connectivity index (χ1v) is 14.3. The van der Waals surface area contributed by atoms with Crippen molar-refractivity contribution >= 4 is 50.7 Å². The molecule has 3 aromatic rings. The molecule has 0 saturated heterocycles. The molecule has 0 radical (unpaired) electrons. The van der Waals surface area contributed by atoms with Gasteiger partial charge in [-0.25, -0.2) is 8.42 Å². The number of hydrogen-bond donors (Lipinski definition) is 3. The van der Waals surface area contributed by atoms with Gasteiger partial charge in [0.05, 0.1) is 15.8 Å². The summed E-state index contributed by atoms with van der Waals surface area (Å²) >= 11 is 12.2. The Morgan fingerprint density at radius 1 is 0.868 bits per heavy atom. The Labute approximate surface area is 233 Å². The van der Waals surface area contributed by atoms with Gasteiger partial charge in [0.25, 0.3) is 11.8 Å². The van der Waals surface area contributed by atoms with Crippen molar-refractivity contribution in [3.8, 4) is 0 Å². The molecule has 0 spiro atoms. The molecule has 0 saturated carbocycles. The van der Waals surface area contributed by atoms with Crippen LogP contribution in [0.4, 0.5) is 5.69 Å². The molecule has 0 aromatic heterocycles. The highest BCUT2D eigenvalue weighted by atomic mass is 35.5. The van der Waals surface area contributed by atoms with Crippen LogP contribution in [0.1, 0.15) is 38.3 Å². The Hall–Kier alpha value is -3.11. The van der Waals surface area contributed by atoms with E-state index in [2.05, 4.69) is 15.4 Å². The van der Waals surface area contributed by atoms with E-state index in [1.807, 2.05) is 12.1 Å². The zero-order chi connectivity index (χ0) is 27.7. The van der Waals surface area contributed by atoms with Gasteiger partial charge in [0.15, 0.2) is 0 Å². The largest absolute Gasteiger partial charge is 0.348 e. The highest BCUT2D eigenvalue weighted by Gasteiger charge is 2.12. The molecular formula is C27H30Cl2N4O4S. The van der Waals surface area contributed by atoms with Gasteiger partial charge in [0, 0.05) is 44.0 Å². The molecule has 8 nitrogen and oxygen atoms in total. The van der Waals surface area contributed by atoms with Crippen LogP contribution in [0, 0.1) is 0 Å². The van der Waals surface area contributed by atoms with E-state index in [9.17, 15) is 18.0 Å². The van der Waals surface area contributed by atoms with Crippen LogP contribution >= 0.6 is 23.2 Å². The monoisotopic (exact) mass is 576 g/mol. The topological polar surface area (TPSA) is 108 Å². The summed E-state index contributed by atoms with van der Waals surface area (Å²) in [5.74, 6) is -0.448. The van der Waals surface area contributed by atoms with Crippen molar-refractivity contribution < 1.29 is 18.0 Å². The second-order valence-electron chi connectivity index (χ2n) is 8.82. The van der Waals surface area contributed by atoms with Crippen molar-refractivity contribution in [3.63, 3.8) is 0 Å². The van der Waals surface area contributed by atoms with Gasteiger partial charge in [0.1, 0.15) is 0 Å². The smallest absolute Gasteiger partial charge is 0.253 e. The maximum atomic E-state index is 12.5. The minimum atomic E-state index is -3.55. The van der Waals surface area contributed by atoms with E-state index in [1.54, 1.807) is 68.7 Å². The molecule has 0 aliphatic rings. The van der Waals surface area contributed by atoms with E-state index in [-0.39, 0.29) is 17.6 Å². The number of hydrogen-bond acceptors (Lipinski definition) is 5. The van der Waals surface area contributed by atoms with E-state index in [0.29, 0.717) is 52.9 Å². The maximum absolute atomic E-state index is 12.5. The Kier molecular flexibility index (Phi) is 10.6. The maximum Gasteiger partial charge on any atom is 0.253 e. The summed E-state index contributed by atoms with van der Waals surface area (Å²) in [5, 5.41) is 6.95. The molecule has 3 aromatic carbocycles. The van der Waals surface area contributed by atoms with Gasteiger partial charge >= 0.3 is 0 Å². The van der Waals surface area contributed by atoms with Crippen LogP contribution in [0.15, 0.2) is 66.7 Å². The molecular weight excluding hydrogens is 547 g/mol. The highest BCUT2D eigenvalue weighted by molar-refractivity contribution is 7.92. The van der Waals surface area contributed by atoms with Gasteiger partial charge in [-0.1, -0.05) is 47.5 Å². The van der Waals surface area contributed by atoms with Crippen molar-refractivity contribution in [1.82, 2.24) is 15.5 Å². The fourth-order valence-electron chi connectivity index (χ4n) is 3.52. The fourth-order valence-corrected chi connectivity index (χ4v) is 5.03. The Balaban J connectivity index is 1.42. The van der Waals surface area contributed by atoms with Gasteiger partial charge in [-0.3, -0.25) is 14.3 Å². The third kappa shape index (κ3) is 8.73. The minimum absolute atomic E-state index is 0.0650. The summed E-state index contributed by atoms with van der Waals surface area (Å²) in [6.07, 6.45) is 0.401. The van der Waals surface area contributed by atoms with Crippen molar-refractivity contribution in [2.75, 3.05) is 31.1 Å². The highest BCUT2D eigenvalue weighted by Crippen LogP contribution is 2.25. The predicted molar refractivity (Wildman–Crippen MR) is 152 cm³/mol. The molecule has 0 aliphatic carbocycles. The summed E-state index contributed by atoms with van der Waals surface area (Å²) in [5.41, 5.74) is 3.04. The number of carbonyl (C=O) groups excluding carboxylic acids is 2. The Morgan fingerprint density at radius 2 is 1.53 bits per heavy atom. The molecule has 38 heavy (non-hydrogen) atoms. The predicted octanol–water partition coefficient (Wildman–Crippen LogP) is 4.55. The summed E-state index contributed by atoms with van der Waals surface area (Å²) in [7, 11) is -0.180. The number of halogens is 2. The van der Waals surface area contributed by atoms with Crippen LogP contribution in [-0.2, 0) is 23.1 Å². The van der Waals surface area contributed by atoms with Gasteiger partial charge in [-0.2, -0.15) is 0 Å². The lowest BCUT2D eigenvalue weighted by Gasteiger charge is -2.11. The van der Waals surface area contributed by atoms with E-state index >= 15 is 0 Å². The summed E-state index contributed by atoms with van der Waals surface area (Å²) in [4.78, 5) is 26.0. The van der Waals surface area contributed by atoms with Gasteiger partial charge in [0.2, 0.25) is 10.0 Å². The molecule has 0 bridgehead atoms. The lowest BCUT2D eigenvalue weighted by molar-refractivity contribution is 0.0827. The average Bonchev–Trinajstić information content (AvgIpc) is 2.89. The van der Waals surface area contributed by atoms with E-state index in [0.717, 1.165) is 11.1 Å². The summed E-state index contributed by atoms with van der Waals surface area (Å²) in [6, 6.07) is 18.6. The number of nitrogens with one attached hydrogen (secondary N) is 3. The third-order valence-corrected chi connectivity index (χ3v) is 7.83. The quantitative estimate of drug-likeness (QED) is 0.274. The van der Waals surface area contributed by atoms with Gasteiger partial charge in [-0.05, 0) is 66.6 Å². The van der Waals surface area contributed by atoms with Crippen molar-refractivity contribution in [2.24, 2.45) is 0 Å². The standard InChI is InChI=1S/C27H30Cl2N4O4S/c1-33(2)27(35)21-9-7-19(8-10-21)17-31-26(34)20-11-13-23(14-12-20)32-38(36,37)16-4-15-30-18-22-5-3-6-24(28)25(22)29/h3,5-14,30,32H,4,15-18H2,1-2H3,(H,31,34). The molecule has 11 heteroatoms. The van der Waals surface area contributed by atoms with Crippen molar-refractivity contribution in [1.29, 1.82) is 0 Å². The van der Waals surface area contributed by atoms with Crippen molar-refractivity contribution in [2.45, 2.75) is 19.5 Å². The van der Waals surface area contributed by atoms with E-state index in [1.165, 1.54) is 4.90 Å². The first-order chi connectivity index (χ1) is 18.1. The first-order valence-electron chi connectivity index (χ1n) is 11.9. The zero-order valence-electron chi connectivity index (χ0n) is 21.1. The molecule has 0 heterocycles. The number of carbonyl (C=O) groups is 2. The molecule has 0 atom stereocenters. The SMILES string of the molecule is CN(C)C(=O)c1ccc(CNC(=O)c2ccc(NS(=O)(=O)CCCNCc3cccc(Cl)c3Cl)cc2)cc1. The third-order valence-electron chi connectivity index (χ3n) is 5.59. The van der Waals surface area contributed by atoms with Crippen LogP contribution in [0.3, 0.4) is 0 Å². The van der Waals surface area contributed by atoms with E-state index in [4.69, 9.17) is 23.2 Å².